The summed E-state index contributed by atoms with van der Waals surface area (Å²) < 4.78 is 0. The largest absolute Gasteiger partial charge is 0.335 e. The van der Waals surface area contributed by atoms with Crippen LogP contribution in [0, 0.1) is 0 Å². The maximum absolute atomic E-state index is 2.47. The standard InChI is InChI=1S/C17H20N2S.ClH/c1-13(12-18(2)3)19-14-8-4-6-10-16(14)20-17-11-7-5-9-15(17)19;/h4-11,13H,12H2,1-3H3;1H. The fourth-order valence-electron chi connectivity index (χ4n) is 2.82. The number of benzene rings is 2. The number of anilines is 2. The van der Waals surface area contributed by atoms with Crippen LogP contribution in [0.1, 0.15) is 6.92 Å². The van der Waals surface area contributed by atoms with E-state index in [2.05, 4.69) is 79.3 Å². The summed E-state index contributed by atoms with van der Waals surface area (Å²) in [6, 6.07) is 17.8. The van der Waals surface area contributed by atoms with Crippen molar-refractivity contribution in [2.45, 2.75) is 22.8 Å². The molecular weight excluding hydrogens is 300 g/mol. The predicted molar refractivity (Wildman–Crippen MR) is 94.4 cm³/mol. The molecule has 0 saturated heterocycles. The lowest BCUT2D eigenvalue weighted by Gasteiger charge is -2.38. The number of hydrogen-bond acceptors (Lipinski definition) is 3. The molecule has 3 rings (SSSR count). The van der Waals surface area contributed by atoms with Gasteiger partial charge in [-0.15, -0.1) is 12.4 Å². The summed E-state index contributed by atoms with van der Waals surface area (Å²) >= 11 is 1.87. The highest BCUT2D eigenvalue weighted by Gasteiger charge is 2.26. The molecule has 0 N–H and O–H groups in total. The van der Waals surface area contributed by atoms with Gasteiger partial charge in [-0.1, -0.05) is 36.0 Å². The Labute approximate surface area is 137 Å². The van der Waals surface area contributed by atoms with Crippen LogP contribution in [-0.2, 0) is 0 Å². The molecule has 1 heterocycles. The van der Waals surface area contributed by atoms with Gasteiger partial charge in [0, 0.05) is 22.4 Å². The molecule has 0 spiro atoms. The minimum absolute atomic E-state index is 0. The van der Waals surface area contributed by atoms with Crippen LogP contribution in [0.25, 0.3) is 0 Å². The van der Waals surface area contributed by atoms with Gasteiger partial charge in [0.05, 0.1) is 11.4 Å². The van der Waals surface area contributed by atoms with E-state index in [9.17, 15) is 0 Å². The Kier molecular flexibility index (Phi) is 5.20. The fourth-order valence-corrected chi connectivity index (χ4v) is 3.89. The van der Waals surface area contributed by atoms with Crippen molar-refractivity contribution in [3.05, 3.63) is 48.5 Å². The summed E-state index contributed by atoms with van der Waals surface area (Å²) in [6.45, 7) is 3.33. The van der Waals surface area contributed by atoms with Crippen LogP contribution < -0.4 is 4.90 Å². The number of nitrogens with zero attached hydrogens (tertiary/aromatic N) is 2. The lowest BCUT2D eigenvalue weighted by Crippen LogP contribution is -2.38. The zero-order valence-corrected chi connectivity index (χ0v) is 14.2. The van der Waals surface area contributed by atoms with Gasteiger partial charge in [0.15, 0.2) is 0 Å². The molecule has 0 aliphatic carbocycles. The molecular formula is C17H21ClN2S. The van der Waals surface area contributed by atoms with Crippen molar-refractivity contribution in [1.82, 2.24) is 4.90 Å². The average molecular weight is 321 g/mol. The summed E-state index contributed by atoms with van der Waals surface area (Å²) in [5.41, 5.74) is 2.65. The second-order valence-corrected chi connectivity index (χ2v) is 6.60. The van der Waals surface area contributed by atoms with Gasteiger partial charge in [-0.2, -0.15) is 0 Å². The Balaban J connectivity index is 0.00000161. The van der Waals surface area contributed by atoms with Gasteiger partial charge in [0.1, 0.15) is 0 Å². The number of hydrogen-bond donors (Lipinski definition) is 0. The Bertz CT molecular complexity index is 570. The van der Waals surface area contributed by atoms with Crippen LogP contribution in [-0.4, -0.2) is 31.6 Å². The summed E-state index contributed by atoms with van der Waals surface area (Å²) in [5, 5.41) is 0. The van der Waals surface area contributed by atoms with E-state index in [1.165, 1.54) is 21.2 Å². The molecule has 1 atom stereocenters. The Morgan fingerprint density at radius 2 is 1.43 bits per heavy atom. The average Bonchev–Trinajstić information content (AvgIpc) is 2.43. The second kappa shape index (κ2) is 6.73. The normalized spacial score (nSPS) is 14.2. The quantitative estimate of drug-likeness (QED) is 0.812. The third-order valence-corrected chi connectivity index (χ3v) is 4.67. The molecule has 1 aliphatic heterocycles. The highest BCUT2D eigenvalue weighted by Crippen LogP contribution is 2.48. The molecule has 21 heavy (non-hydrogen) atoms. The number of fused-ring (bicyclic) bond motifs is 2. The first-order chi connectivity index (χ1) is 9.66. The van der Waals surface area contributed by atoms with Crippen LogP contribution in [0.2, 0.25) is 0 Å². The first-order valence-corrected chi connectivity index (χ1v) is 7.78. The van der Waals surface area contributed by atoms with Gasteiger partial charge >= 0.3 is 0 Å². The van der Waals surface area contributed by atoms with E-state index in [0.29, 0.717) is 6.04 Å². The summed E-state index contributed by atoms with van der Waals surface area (Å²) in [7, 11) is 4.26. The van der Waals surface area contributed by atoms with Crippen molar-refractivity contribution in [2.75, 3.05) is 25.5 Å². The van der Waals surface area contributed by atoms with Crippen molar-refractivity contribution < 1.29 is 0 Å². The number of rotatable bonds is 3. The van der Waals surface area contributed by atoms with Gasteiger partial charge in [-0.3, -0.25) is 0 Å². The maximum atomic E-state index is 2.47. The molecule has 0 saturated carbocycles. The van der Waals surface area contributed by atoms with Crippen LogP contribution in [0.4, 0.5) is 11.4 Å². The molecule has 2 nitrogen and oxygen atoms in total. The molecule has 4 heteroatoms. The topological polar surface area (TPSA) is 6.48 Å². The number of para-hydroxylation sites is 2. The molecule has 0 amide bonds. The van der Waals surface area contributed by atoms with Crippen molar-refractivity contribution in [3.63, 3.8) is 0 Å². The van der Waals surface area contributed by atoms with Gasteiger partial charge in [0.2, 0.25) is 0 Å². The molecule has 2 aromatic rings. The van der Waals surface area contributed by atoms with Crippen molar-refractivity contribution in [2.24, 2.45) is 0 Å². The van der Waals surface area contributed by atoms with Gasteiger partial charge in [0.25, 0.3) is 0 Å². The van der Waals surface area contributed by atoms with E-state index < -0.39 is 0 Å². The Morgan fingerprint density at radius 3 is 1.90 bits per heavy atom. The molecule has 0 bridgehead atoms. The molecule has 2 aromatic carbocycles. The van der Waals surface area contributed by atoms with E-state index in [-0.39, 0.29) is 12.4 Å². The minimum atomic E-state index is 0. The van der Waals surface area contributed by atoms with Crippen LogP contribution in [0.5, 0.6) is 0 Å². The first kappa shape index (κ1) is 16.2. The monoisotopic (exact) mass is 320 g/mol. The number of halogens is 1. The van der Waals surface area contributed by atoms with Gasteiger partial charge in [-0.25, -0.2) is 0 Å². The zero-order valence-electron chi connectivity index (χ0n) is 12.6. The Hall–Kier alpha value is -1.16. The van der Waals surface area contributed by atoms with Crippen LogP contribution >= 0.6 is 24.2 Å². The van der Waals surface area contributed by atoms with E-state index >= 15 is 0 Å². The summed E-state index contributed by atoms with van der Waals surface area (Å²) in [5.74, 6) is 0. The molecule has 0 radical (unpaired) electrons. The van der Waals surface area contributed by atoms with Gasteiger partial charge < -0.3 is 9.80 Å². The zero-order chi connectivity index (χ0) is 14.1. The SMILES string of the molecule is CC(CN(C)C)N1c2ccccc2Sc2ccccc21.Cl. The third kappa shape index (κ3) is 3.20. The fraction of sp³-hybridized carbons (Fsp3) is 0.294. The van der Waals surface area contributed by atoms with Gasteiger partial charge in [-0.05, 0) is 45.3 Å². The van der Waals surface area contributed by atoms with E-state index in [1.54, 1.807) is 0 Å². The summed E-state index contributed by atoms with van der Waals surface area (Å²) in [6.07, 6.45) is 0. The lowest BCUT2D eigenvalue weighted by atomic mass is 10.1. The highest BCUT2D eigenvalue weighted by molar-refractivity contribution is 7.99. The Morgan fingerprint density at radius 1 is 0.952 bits per heavy atom. The number of likely N-dealkylation sites (N-methyl/N-ethyl adjacent to an activating group) is 1. The van der Waals surface area contributed by atoms with Crippen LogP contribution in [0.15, 0.2) is 58.3 Å². The molecule has 1 aliphatic rings. The first-order valence-electron chi connectivity index (χ1n) is 6.96. The molecule has 1 unspecified atom stereocenters. The summed E-state index contributed by atoms with van der Waals surface area (Å²) in [4.78, 5) is 7.41. The maximum Gasteiger partial charge on any atom is 0.0555 e. The molecule has 0 fully saturated rings. The van der Waals surface area contributed by atoms with E-state index in [4.69, 9.17) is 0 Å². The van der Waals surface area contributed by atoms with E-state index in [0.717, 1.165) is 6.54 Å². The minimum Gasteiger partial charge on any atom is -0.335 e. The van der Waals surface area contributed by atoms with Crippen molar-refractivity contribution >= 4 is 35.5 Å². The predicted octanol–water partition coefficient (Wildman–Crippen LogP) is 4.66. The van der Waals surface area contributed by atoms with E-state index in [1.807, 2.05) is 11.8 Å². The highest BCUT2D eigenvalue weighted by atomic mass is 35.5. The molecule has 112 valence electrons. The van der Waals surface area contributed by atoms with Crippen molar-refractivity contribution in [3.8, 4) is 0 Å². The van der Waals surface area contributed by atoms with Crippen molar-refractivity contribution in [1.29, 1.82) is 0 Å². The third-order valence-electron chi connectivity index (χ3n) is 3.54. The van der Waals surface area contributed by atoms with Crippen LogP contribution in [0.3, 0.4) is 0 Å². The smallest absolute Gasteiger partial charge is 0.0555 e. The second-order valence-electron chi connectivity index (χ2n) is 5.52. The lowest BCUT2D eigenvalue weighted by molar-refractivity contribution is 0.380. The molecule has 0 aromatic heterocycles.